The Balaban J connectivity index is 2.57. The summed E-state index contributed by atoms with van der Waals surface area (Å²) in [6, 6.07) is 8.48. The maximum atomic E-state index is 5.28. The maximum absolute atomic E-state index is 5.28. The number of rotatable bonds is 5. The van der Waals surface area contributed by atoms with Gasteiger partial charge in [-0.25, -0.2) is 5.01 Å². The lowest BCUT2D eigenvalue weighted by Gasteiger charge is -2.19. The van der Waals surface area contributed by atoms with Gasteiger partial charge in [-0.2, -0.15) is 5.10 Å². The Labute approximate surface area is 134 Å². The summed E-state index contributed by atoms with van der Waals surface area (Å²) >= 11 is 5.28. The van der Waals surface area contributed by atoms with E-state index in [1.165, 1.54) is 5.56 Å². The molecule has 0 amide bonds. The number of nitrogens with one attached hydrogen (secondary N) is 1. The van der Waals surface area contributed by atoms with Crippen LogP contribution in [0.3, 0.4) is 0 Å². The molecule has 0 heterocycles. The van der Waals surface area contributed by atoms with E-state index in [-0.39, 0.29) is 5.41 Å². The third-order valence-electron chi connectivity index (χ3n) is 3.26. The van der Waals surface area contributed by atoms with E-state index in [0.717, 1.165) is 24.9 Å². The van der Waals surface area contributed by atoms with Gasteiger partial charge in [0, 0.05) is 13.6 Å². The van der Waals surface area contributed by atoms with Crippen LogP contribution in [0.5, 0.6) is 0 Å². The Morgan fingerprint density at radius 2 is 1.90 bits per heavy atom. The zero-order valence-electron chi connectivity index (χ0n) is 13.8. The van der Waals surface area contributed by atoms with E-state index in [4.69, 9.17) is 12.2 Å². The molecule has 0 spiro atoms. The Hall–Kier alpha value is -1.42. The SMILES string of the molecule is CCCCNC(=S)N(C)N=Cc1ccc(C(C)(C)C)cc1. The first-order chi connectivity index (χ1) is 9.84. The summed E-state index contributed by atoms with van der Waals surface area (Å²) in [4.78, 5) is 0. The van der Waals surface area contributed by atoms with Crippen molar-refractivity contribution in [3.05, 3.63) is 35.4 Å². The molecule has 0 saturated carbocycles. The monoisotopic (exact) mass is 305 g/mol. The molecule has 1 aromatic rings. The largest absolute Gasteiger partial charge is 0.361 e. The van der Waals surface area contributed by atoms with E-state index in [1.807, 2.05) is 13.3 Å². The van der Waals surface area contributed by atoms with Crippen molar-refractivity contribution in [3.8, 4) is 0 Å². The molecule has 21 heavy (non-hydrogen) atoms. The van der Waals surface area contributed by atoms with Crippen molar-refractivity contribution >= 4 is 23.5 Å². The zero-order valence-corrected chi connectivity index (χ0v) is 14.6. The molecule has 0 aliphatic rings. The van der Waals surface area contributed by atoms with Gasteiger partial charge in [-0.15, -0.1) is 0 Å². The van der Waals surface area contributed by atoms with Crippen LogP contribution < -0.4 is 5.32 Å². The van der Waals surface area contributed by atoms with Gasteiger partial charge in [-0.1, -0.05) is 58.4 Å². The molecule has 1 N–H and O–H groups in total. The van der Waals surface area contributed by atoms with Crippen LogP contribution in [0, 0.1) is 0 Å². The standard InChI is InChI=1S/C17H27N3S/c1-6-7-12-18-16(21)20(5)19-13-14-8-10-15(11-9-14)17(2,3)4/h8-11,13H,6-7,12H2,1-5H3,(H,18,21). The van der Waals surface area contributed by atoms with Gasteiger partial charge >= 0.3 is 0 Å². The maximum Gasteiger partial charge on any atom is 0.189 e. The summed E-state index contributed by atoms with van der Waals surface area (Å²) < 4.78 is 0. The molecule has 116 valence electrons. The summed E-state index contributed by atoms with van der Waals surface area (Å²) in [7, 11) is 1.86. The van der Waals surface area contributed by atoms with E-state index in [9.17, 15) is 0 Å². The van der Waals surface area contributed by atoms with Gasteiger partial charge in [0.2, 0.25) is 0 Å². The van der Waals surface area contributed by atoms with E-state index in [2.05, 4.69) is 62.4 Å². The highest BCUT2D eigenvalue weighted by molar-refractivity contribution is 7.80. The van der Waals surface area contributed by atoms with Crippen molar-refractivity contribution in [2.24, 2.45) is 5.10 Å². The fourth-order valence-corrected chi connectivity index (χ4v) is 1.91. The predicted molar refractivity (Wildman–Crippen MR) is 96.0 cm³/mol. The molecule has 0 bridgehead atoms. The Kier molecular flexibility index (Phi) is 6.82. The molecule has 0 saturated heterocycles. The molecular formula is C17H27N3S. The van der Waals surface area contributed by atoms with Gasteiger partial charge < -0.3 is 5.32 Å². The van der Waals surface area contributed by atoms with Crippen LogP contribution >= 0.6 is 12.2 Å². The van der Waals surface area contributed by atoms with Gasteiger partial charge in [0.25, 0.3) is 0 Å². The molecule has 0 aliphatic carbocycles. The number of nitrogens with zero attached hydrogens (tertiary/aromatic N) is 2. The van der Waals surface area contributed by atoms with E-state index in [0.29, 0.717) is 5.11 Å². The highest BCUT2D eigenvalue weighted by Gasteiger charge is 2.12. The Morgan fingerprint density at radius 1 is 1.29 bits per heavy atom. The molecule has 1 aromatic carbocycles. The normalized spacial score (nSPS) is 11.7. The fourth-order valence-electron chi connectivity index (χ4n) is 1.76. The molecular weight excluding hydrogens is 278 g/mol. The summed E-state index contributed by atoms with van der Waals surface area (Å²) in [6.07, 6.45) is 4.11. The molecule has 0 radical (unpaired) electrons. The second kappa shape index (κ2) is 8.13. The van der Waals surface area contributed by atoms with Crippen molar-refractivity contribution in [1.82, 2.24) is 10.3 Å². The first-order valence-corrected chi connectivity index (χ1v) is 7.91. The minimum Gasteiger partial charge on any atom is -0.361 e. The molecule has 3 nitrogen and oxygen atoms in total. The second-order valence-corrected chi connectivity index (χ2v) is 6.61. The molecule has 0 unspecified atom stereocenters. The number of hydrogen-bond donors (Lipinski definition) is 1. The first-order valence-electron chi connectivity index (χ1n) is 7.50. The Bertz CT molecular complexity index is 472. The van der Waals surface area contributed by atoms with Gasteiger partial charge in [0.15, 0.2) is 5.11 Å². The van der Waals surface area contributed by atoms with E-state index < -0.39 is 0 Å². The van der Waals surface area contributed by atoms with Crippen molar-refractivity contribution in [1.29, 1.82) is 0 Å². The van der Waals surface area contributed by atoms with Crippen molar-refractivity contribution < 1.29 is 0 Å². The highest BCUT2D eigenvalue weighted by Crippen LogP contribution is 2.21. The average molecular weight is 305 g/mol. The van der Waals surface area contributed by atoms with Crippen LogP contribution in [0.2, 0.25) is 0 Å². The molecule has 4 heteroatoms. The van der Waals surface area contributed by atoms with Gasteiger partial charge in [-0.3, -0.25) is 0 Å². The molecule has 0 aliphatic heterocycles. The number of benzene rings is 1. The number of unbranched alkanes of at least 4 members (excludes halogenated alkanes) is 1. The second-order valence-electron chi connectivity index (χ2n) is 6.23. The molecule has 0 atom stereocenters. The zero-order chi connectivity index (χ0) is 15.9. The van der Waals surface area contributed by atoms with Gasteiger partial charge in [0.1, 0.15) is 0 Å². The third kappa shape index (κ3) is 6.25. The molecule has 0 aromatic heterocycles. The number of hydrogen-bond acceptors (Lipinski definition) is 2. The van der Waals surface area contributed by atoms with Crippen LogP contribution in [0.25, 0.3) is 0 Å². The smallest absolute Gasteiger partial charge is 0.189 e. The minimum atomic E-state index is 0.178. The lowest BCUT2D eigenvalue weighted by molar-refractivity contribution is 0.530. The van der Waals surface area contributed by atoms with Gasteiger partial charge in [-0.05, 0) is 35.2 Å². The van der Waals surface area contributed by atoms with Crippen molar-refractivity contribution in [3.63, 3.8) is 0 Å². The number of hydrazone groups is 1. The molecule has 1 rings (SSSR count). The third-order valence-corrected chi connectivity index (χ3v) is 3.67. The van der Waals surface area contributed by atoms with Crippen molar-refractivity contribution in [2.45, 2.75) is 46.0 Å². The van der Waals surface area contributed by atoms with Crippen LogP contribution in [0.15, 0.2) is 29.4 Å². The number of thiocarbonyl (C=S) groups is 1. The van der Waals surface area contributed by atoms with E-state index in [1.54, 1.807) is 5.01 Å². The molecule has 0 fully saturated rings. The van der Waals surface area contributed by atoms with Crippen LogP contribution in [0.4, 0.5) is 0 Å². The van der Waals surface area contributed by atoms with Gasteiger partial charge in [0.05, 0.1) is 6.21 Å². The lowest BCUT2D eigenvalue weighted by Crippen LogP contribution is -2.34. The summed E-state index contributed by atoms with van der Waals surface area (Å²) in [5.74, 6) is 0. The lowest BCUT2D eigenvalue weighted by atomic mass is 9.87. The highest BCUT2D eigenvalue weighted by atomic mass is 32.1. The van der Waals surface area contributed by atoms with Crippen LogP contribution in [-0.2, 0) is 5.41 Å². The fraction of sp³-hybridized carbons (Fsp3) is 0.529. The summed E-state index contributed by atoms with van der Waals surface area (Å²) in [5, 5.41) is 9.92. The van der Waals surface area contributed by atoms with E-state index >= 15 is 0 Å². The predicted octanol–water partition coefficient (Wildman–Crippen LogP) is 3.92. The van der Waals surface area contributed by atoms with Crippen molar-refractivity contribution in [2.75, 3.05) is 13.6 Å². The minimum absolute atomic E-state index is 0.178. The topological polar surface area (TPSA) is 27.6 Å². The van der Waals surface area contributed by atoms with Crippen LogP contribution in [0.1, 0.15) is 51.7 Å². The first kappa shape index (κ1) is 17.6. The summed E-state index contributed by atoms with van der Waals surface area (Å²) in [6.45, 7) is 9.70. The quantitative estimate of drug-likeness (QED) is 0.387. The summed E-state index contributed by atoms with van der Waals surface area (Å²) in [5.41, 5.74) is 2.58. The van der Waals surface area contributed by atoms with Crippen LogP contribution in [-0.4, -0.2) is 29.9 Å². The Morgan fingerprint density at radius 3 is 2.43 bits per heavy atom. The average Bonchev–Trinajstić information content (AvgIpc) is 2.44.